The minimum atomic E-state index is -0.0174. The van der Waals surface area contributed by atoms with E-state index in [0.717, 1.165) is 36.4 Å². The van der Waals surface area contributed by atoms with Gasteiger partial charge in [0, 0.05) is 24.9 Å². The van der Waals surface area contributed by atoms with Crippen LogP contribution in [0.2, 0.25) is 0 Å². The highest BCUT2D eigenvalue weighted by Crippen LogP contribution is 2.30. The van der Waals surface area contributed by atoms with Crippen molar-refractivity contribution in [2.45, 2.75) is 12.8 Å². The molecule has 0 aromatic heterocycles. The van der Waals surface area contributed by atoms with Gasteiger partial charge in [0.1, 0.15) is 0 Å². The lowest BCUT2D eigenvalue weighted by Gasteiger charge is -2.34. The van der Waals surface area contributed by atoms with Crippen LogP contribution < -0.4 is 0 Å². The van der Waals surface area contributed by atoms with E-state index in [4.69, 9.17) is 0 Å². The van der Waals surface area contributed by atoms with Crippen molar-refractivity contribution in [3.05, 3.63) is 47.7 Å². The van der Waals surface area contributed by atoms with Gasteiger partial charge in [0.05, 0.1) is 11.6 Å². The molecule has 18 heavy (non-hydrogen) atoms. The van der Waals surface area contributed by atoms with Crippen LogP contribution in [0, 0.1) is 5.92 Å². The van der Waals surface area contributed by atoms with E-state index < -0.39 is 0 Å². The molecule has 0 aliphatic carbocycles. The van der Waals surface area contributed by atoms with Crippen molar-refractivity contribution < 1.29 is 4.79 Å². The molecule has 0 N–H and O–H groups in total. The van der Waals surface area contributed by atoms with E-state index in [1.54, 1.807) is 0 Å². The Bertz CT molecular complexity index is 531. The maximum Gasteiger partial charge on any atom is 0.255 e. The molecule has 2 aliphatic rings. The van der Waals surface area contributed by atoms with Gasteiger partial charge < -0.3 is 4.90 Å². The molecule has 1 fully saturated rings. The highest BCUT2D eigenvalue weighted by molar-refractivity contribution is 6.16. The molecular formula is C15H16N2O. The molecule has 0 saturated carbocycles. The zero-order chi connectivity index (χ0) is 12.5. The Morgan fingerprint density at radius 1 is 1.28 bits per heavy atom. The second-order valence-electron chi connectivity index (χ2n) is 4.89. The Hall–Kier alpha value is -1.90. The molecule has 0 spiro atoms. The standard InChI is InChI=1S/C15H16N2O/c1-17-9-5-8-12-14(17)10-13(16-15(12)18)11-6-3-2-4-7-11/h2-4,6-7,10,12H,5,8-9H2,1H3. The van der Waals surface area contributed by atoms with Crippen molar-refractivity contribution in [3.8, 4) is 0 Å². The molecule has 92 valence electrons. The fraction of sp³-hybridized carbons (Fsp3) is 0.333. The summed E-state index contributed by atoms with van der Waals surface area (Å²) in [4.78, 5) is 18.5. The average molecular weight is 240 g/mol. The van der Waals surface area contributed by atoms with Gasteiger partial charge in [0.2, 0.25) is 0 Å². The van der Waals surface area contributed by atoms with Gasteiger partial charge in [-0.2, -0.15) is 0 Å². The summed E-state index contributed by atoms with van der Waals surface area (Å²) in [5, 5.41) is 0. The minimum Gasteiger partial charge on any atom is -0.377 e. The summed E-state index contributed by atoms with van der Waals surface area (Å²) in [5.74, 6) is -0.00545. The van der Waals surface area contributed by atoms with Crippen molar-refractivity contribution in [2.24, 2.45) is 10.9 Å². The largest absolute Gasteiger partial charge is 0.377 e. The van der Waals surface area contributed by atoms with E-state index >= 15 is 0 Å². The first-order valence-corrected chi connectivity index (χ1v) is 6.36. The van der Waals surface area contributed by atoms with E-state index in [1.165, 1.54) is 0 Å². The van der Waals surface area contributed by atoms with Crippen LogP contribution in [-0.2, 0) is 4.79 Å². The van der Waals surface area contributed by atoms with E-state index in [1.807, 2.05) is 30.3 Å². The van der Waals surface area contributed by atoms with Crippen LogP contribution in [0.1, 0.15) is 18.4 Å². The Morgan fingerprint density at radius 2 is 2.06 bits per heavy atom. The summed E-state index contributed by atoms with van der Waals surface area (Å²) in [6.45, 7) is 1.03. The number of benzene rings is 1. The third-order valence-electron chi connectivity index (χ3n) is 3.67. The zero-order valence-corrected chi connectivity index (χ0v) is 10.5. The van der Waals surface area contributed by atoms with Gasteiger partial charge in [-0.1, -0.05) is 30.3 Å². The highest BCUT2D eigenvalue weighted by atomic mass is 16.1. The number of rotatable bonds is 1. The molecule has 3 heteroatoms. The summed E-state index contributed by atoms with van der Waals surface area (Å²) in [6.07, 6.45) is 4.07. The number of carbonyl (C=O) groups is 1. The molecule has 0 bridgehead atoms. The maximum absolute atomic E-state index is 12.1. The molecule has 1 unspecified atom stereocenters. The third kappa shape index (κ3) is 1.86. The predicted octanol–water partition coefficient (Wildman–Crippen LogP) is 2.24. The Kier molecular flexibility index (Phi) is 2.74. The molecule has 1 aromatic carbocycles. The lowest BCUT2D eigenvalue weighted by atomic mass is 9.89. The molecule has 1 saturated heterocycles. The van der Waals surface area contributed by atoms with Gasteiger partial charge in [-0.3, -0.25) is 4.79 Å². The Labute approximate surface area is 107 Å². The number of fused-ring (bicyclic) bond motifs is 1. The van der Waals surface area contributed by atoms with Crippen LogP contribution in [0.25, 0.3) is 0 Å². The summed E-state index contributed by atoms with van der Waals surface area (Å²) in [5.41, 5.74) is 2.93. The van der Waals surface area contributed by atoms with Gasteiger partial charge >= 0.3 is 0 Å². The van der Waals surface area contributed by atoms with Crippen molar-refractivity contribution in [1.29, 1.82) is 0 Å². The molecule has 3 rings (SSSR count). The van der Waals surface area contributed by atoms with Crippen molar-refractivity contribution in [3.63, 3.8) is 0 Å². The zero-order valence-electron chi connectivity index (χ0n) is 10.5. The number of allylic oxidation sites excluding steroid dienone is 1. The van der Waals surface area contributed by atoms with E-state index in [2.05, 4.69) is 23.0 Å². The first kappa shape index (κ1) is 11.2. The first-order valence-electron chi connectivity index (χ1n) is 6.36. The molecule has 0 radical (unpaired) electrons. The second-order valence-corrected chi connectivity index (χ2v) is 4.89. The normalized spacial score (nSPS) is 23.3. The smallest absolute Gasteiger partial charge is 0.255 e. The number of hydrogen-bond acceptors (Lipinski definition) is 2. The molecular weight excluding hydrogens is 224 g/mol. The Balaban J connectivity index is 2.01. The van der Waals surface area contributed by atoms with Gasteiger partial charge in [0.25, 0.3) is 5.91 Å². The van der Waals surface area contributed by atoms with Crippen LogP contribution in [-0.4, -0.2) is 30.1 Å². The number of dihydropyridines is 1. The quantitative estimate of drug-likeness (QED) is 0.754. The molecule has 3 nitrogen and oxygen atoms in total. The number of likely N-dealkylation sites (tertiary alicyclic amines) is 1. The molecule has 2 aliphatic heterocycles. The summed E-state index contributed by atoms with van der Waals surface area (Å²) in [6, 6.07) is 9.89. The lowest BCUT2D eigenvalue weighted by molar-refractivity contribution is -0.121. The predicted molar refractivity (Wildman–Crippen MR) is 71.4 cm³/mol. The topological polar surface area (TPSA) is 32.7 Å². The first-order chi connectivity index (χ1) is 8.75. The van der Waals surface area contributed by atoms with E-state index in [9.17, 15) is 4.79 Å². The second kappa shape index (κ2) is 4.41. The number of aliphatic imine (C=N–C) groups is 1. The lowest BCUT2D eigenvalue weighted by Crippen LogP contribution is -2.36. The summed E-state index contributed by atoms with van der Waals surface area (Å²) in [7, 11) is 2.05. The van der Waals surface area contributed by atoms with Crippen LogP contribution >= 0.6 is 0 Å². The molecule has 1 atom stereocenters. The van der Waals surface area contributed by atoms with E-state index in [0.29, 0.717) is 0 Å². The van der Waals surface area contributed by atoms with Crippen LogP contribution in [0.15, 0.2) is 47.1 Å². The number of carbonyl (C=O) groups excluding carboxylic acids is 1. The molecule has 2 heterocycles. The third-order valence-corrected chi connectivity index (χ3v) is 3.67. The Morgan fingerprint density at radius 3 is 2.83 bits per heavy atom. The van der Waals surface area contributed by atoms with Crippen LogP contribution in [0.5, 0.6) is 0 Å². The number of amides is 1. The van der Waals surface area contributed by atoms with Crippen LogP contribution in [0.3, 0.4) is 0 Å². The van der Waals surface area contributed by atoms with Crippen molar-refractivity contribution in [2.75, 3.05) is 13.6 Å². The molecule has 1 amide bonds. The van der Waals surface area contributed by atoms with Crippen molar-refractivity contribution in [1.82, 2.24) is 4.90 Å². The van der Waals surface area contributed by atoms with Gasteiger partial charge in [-0.15, -0.1) is 0 Å². The number of piperidine rings is 1. The SMILES string of the molecule is CN1CCCC2C(=O)N=C(c3ccccc3)C=C21. The monoisotopic (exact) mass is 240 g/mol. The van der Waals surface area contributed by atoms with Crippen molar-refractivity contribution >= 4 is 11.6 Å². The summed E-state index contributed by atoms with van der Waals surface area (Å²) >= 11 is 0. The average Bonchev–Trinajstić information content (AvgIpc) is 2.41. The van der Waals surface area contributed by atoms with Gasteiger partial charge in [0.15, 0.2) is 0 Å². The summed E-state index contributed by atoms with van der Waals surface area (Å²) < 4.78 is 0. The maximum atomic E-state index is 12.1. The fourth-order valence-corrected chi connectivity index (χ4v) is 2.66. The van der Waals surface area contributed by atoms with Crippen LogP contribution in [0.4, 0.5) is 0 Å². The molecule has 1 aromatic rings. The van der Waals surface area contributed by atoms with E-state index in [-0.39, 0.29) is 11.8 Å². The fourth-order valence-electron chi connectivity index (χ4n) is 2.66. The number of nitrogens with zero attached hydrogens (tertiary/aromatic N) is 2. The van der Waals surface area contributed by atoms with Gasteiger partial charge in [-0.25, -0.2) is 4.99 Å². The number of hydrogen-bond donors (Lipinski definition) is 0. The minimum absolute atomic E-state index is 0.0119. The highest BCUT2D eigenvalue weighted by Gasteiger charge is 2.32. The van der Waals surface area contributed by atoms with Gasteiger partial charge in [-0.05, 0) is 18.9 Å².